The minimum Gasteiger partial charge on any atom is -0.228 e. The van der Waals surface area contributed by atoms with Gasteiger partial charge in [-0.05, 0) is 67.4 Å². The van der Waals surface area contributed by atoms with E-state index in [4.69, 9.17) is 16.8 Å². The Kier molecular flexibility index (Phi) is 5.67. The normalized spacial score (nSPS) is 14.3. The molecule has 9 rings (SSSR count). The largest absolute Gasteiger partial charge is 0.228 e. The summed E-state index contributed by atoms with van der Waals surface area (Å²) in [6.45, 7) is 4.61. The Hall–Kier alpha value is -6.12. The summed E-state index contributed by atoms with van der Waals surface area (Å²) >= 11 is 0. The van der Waals surface area contributed by atoms with Crippen LogP contribution in [0.25, 0.3) is 78.1 Å². The zero-order valence-electron chi connectivity index (χ0n) is 32.2. The summed E-state index contributed by atoms with van der Waals surface area (Å²) in [5.74, 6) is 0.400. The molecule has 0 saturated heterocycles. The molecule has 0 N–H and O–H groups in total. The van der Waals surface area contributed by atoms with Crippen LogP contribution in [0.2, 0.25) is 0 Å². The highest BCUT2D eigenvalue weighted by Gasteiger charge is 2.35. The van der Waals surface area contributed by atoms with Crippen molar-refractivity contribution in [2.45, 2.75) is 19.3 Å². The standard InChI is InChI=1S/C47H34N2/c1-47(2)42-20-12-11-19-39(42)40-26-25-35(29-43(40)47)31-21-23-32(24-22-31)36-27-28-41(38-18-10-9-17-37(36)38)45-30-44(33-13-5-3-6-14-33)48-46(49-45)34-15-7-4-8-16-34/h3-30H,1-2H3/i3D,5D,6D,13D,14D. The molecule has 1 aliphatic rings. The van der Waals surface area contributed by atoms with Crippen molar-refractivity contribution in [2.75, 3.05) is 0 Å². The molecule has 1 aromatic heterocycles. The molecule has 1 aliphatic carbocycles. The van der Waals surface area contributed by atoms with Gasteiger partial charge in [-0.25, -0.2) is 9.97 Å². The van der Waals surface area contributed by atoms with Gasteiger partial charge in [-0.15, -0.1) is 0 Å². The molecular weight excluding hydrogens is 593 g/mol. The summed E-state index contributed by atoms with van der Waals surface area (Å²) in [4.78, 5) is 9.77. The molecule has 2 heteroatoms. The predicted octanol–water partition coefficient (Wildman–Crippen LogP) is 12.3. The van der Waals surface area contributed by atoms with E-state index in [-0.39, 0.29) is 28.8 Å². The topological polar surface area (TPSA) is 25.8 Å². The van der Waals surface area contributed by atoms with Gasteiger partial charge in [0.15, 0.2) is 5.82 Å². The van der Waals surface area contributed by atoms with Gasteiger partial charge in [0.1, 0.15) is 0 Å². The van der Waals surface area contributed by atoms with Crippen LogP contribution in [0.5, 0.6) is 0 Å². The maximum Gasteiger partial charge on any atom is 0.160 e. The molecule has 232 valence electrons. The lowest BCUT2D eigenvalue weighted by molar-refractivity contribution is 0.660. The van der Waals surface area contributed by atoms with Gasteiger partial charge in [0.25, 0.3) is 0 Å². The monoisotopic (exact) mass is 631 g/mol. The maximum atomic E-state index is 8.69. The number of benzene rings is 7. The van der Waals surface area contributed by atoms with Crippen molar-refractivity contribution < 1.29 is 6.85 Å². The average molecular weight is 632 g/mol. The van der Waals surface area contributed by atoms with Gasteiger partial charge in [-0.2, -0.15) is 0 Å². The van der Waals surface area contributed by atoms with Gasteiger partial charge in [-0.1, -0.05) is 171 Å². The molecule has 0 atom stereocenters. The van der Waals surface area contributed by atoms with Crippen molar-refractivity contribution in [3.05, 3.63) is 181 Å². The summed E-state index contributed by atoms with van der Waals surface area (Å²) in [7, 11) is 0. The molecule has 0 fully saturated rings. The fourth-order valence-corrected chi connectivity index (χ4v) is 7.31. The summed E-state index contributed by atoms with van der Waals surface area (Å²) < 4.78 is 42.1. The highest BCUT2D eigenvalue weighted by atomic mass is 14.9. The molecule has 0 spiro atoms. The summed E-state index contributed by atoms with van der Waals surface area (Å²) in [6.07, 6.45) is 0. The smallest absolute Gasteiger partial charge is 0.160 e. The summed E-state index contributed by atoms with van der Waals surface area (Å²) in [5, 5.41) is 2.02. The SMILES string of the molecule is [2H]c1c([2H])c([2H])c(-c2cc(-c3ccc(-c4ccc(-c5ccc6c(c5)C(C)(C)c5ccccc5-6)cc4)c4ccccc34)nc(-c3ccccc3)n2)c([2H])c1[2H]. The Labute approximate surface area is 294 Å². The highest BCUT2D eigenvalue weighted by molar-refractivity contribution is 6.05. The van der Waals surface area contributed by atoms with Crippen LogP contribution < -0.4 is 0 Å². The first-order valence-corrected chi connectivity index (χ1v) is 16.5. The number of fused-ring (bicyclic) bond motifs is 4. The van der Waals surface area contributed by atoms with Gasteiger partial charge < -0.3 is 0 Å². The minimum atomic E-state index is -0.442. The fraction of sp³-hybridized carbons (Fsp3) is 0.0638. The van der Waals surface area contributed by atoms with Crippen molar-refractivity contribution in [1.82, 2.24) is 9.97 Å². The molecule has 7 aromatic carbocycles. The van der Waals surface area contributed by atoms with Crippen LogP contribution in [0.4, 0.5) is 0 Å². The molecular formula is C47H34N2. The van der Waals surface area contributed by atoms with Crippen LogP contribution in [0, 0.1) is 0 Å². The van der Waals surface area contributed by atoms with E-state index in [1.54, 1.807) is 6.07 Å². The van der Waals surface area contributed by atoms with E-state index in [1.807, 2.05) is 42.5 Å². The second kappa shape index (κ2) is 11.5. The van der Waals surface area contributed by atoms with E-state index in [0.717, 1.165) is 38.6 Å². The Balaban J connectivity index is 1.14. The number of hydrogen-bond donors (Lipinski definition) is 0. The fourth-order valence-electron chi connectivity index (χ4n) is 7.31. The molecule has 8 aromatic rings. The van der Waals surface area contributed by atoms with Crippen molar-refractivity contribution in [3.63, 3.8) is 0 Å². The molecule has 0 unspecified atom stereocenters. The summed E-state index contributed by atoms with van der Waals surface area (Å²) in [6, 6.07) is 46.0. The average Bonchev–Trinajstić information content (AvgIpc) is 3.44. The van der Waals surface area contributed by atoms with Crippen molar-refractivity contribution >= 4 is 10.8 Å². The maximum absolute atomic E-state index is 8.69. The van der Waals surface area contributed by atoms with Crippen molar-refractivity contribution in [1.29, 1.82) is 0 Å². The number of rotatable bonds is 5. The number of aromatic nitrogens is 2. The molecule has 2 nitrogen and oxygen atoms in total. The van der Waals surface area contributed by atoms with Gasteiger partial charge in [0, 0.05) is 22.1 Å². The molecule has 0 amide bonds. The second-order valence-corrected chi connectivity index (χ2v) is 13.0. The van der Waals surface area contributed by atoms with E-state index >= 15 is 0 Å². The molecule has 49 heavy (non-hydrogen) atoms. The minimum absolute atomic E-state index is 0.0410. The Morgan fingerprint density at radius 1 is 0.429 bits per heavy atom. The molecule has 0 bridgehead atoms. The zero-order chi connectivity index (χ0) is 37.3. The lowest BCUT2D eigenvalue weighted by atomic mass is 9.81. The van der Waals surface area contributed by atoms with E-state index in [2.05, 4.69) is 105 Å². The summed E-state index contributed by atoms with van der Waals surface area (Å²) in [5.41, 5.74) is 12.3. The molecule has 0 saturated carbocycles. The van der Waals surface area contributed by atoms with E-state index in [1.165, 1.54) is 27.8 Å². The first-order valence-electron chi connectivity index (χ1n) is 19.0. The zero-order valence-corrected chi connectivity index (χ0v) is 27.2. The van der Waals surface area contributed by atoms with Crippen LogP contribution in [0.3, 0.4) is 0 Å². The van der Waals surface area contributed by atoms with Crippen molar-refractivity contribution in [2.24, 2.45) is 0 Å². The van der Waals surface area contributed by atoms with Crippen LogP contribution in [-0.4, -0.2) is 9.97 Å². The number of nitrogens with zero attached hydrogens (tertiary/aromatic N) is 2. The van der Waals surface area contributed by atoms with E-state index < -0.39 is 18.1 Å². The van der Waals surface area contributed by atoms with Crippen LogP contribution in [0.15, 0.2) is 170 Å². The first-order chi connectivity index (χ1) is 26.1. The Bertz CT molecular complexity index is 2760. The quantitative estimate of drug-likeness (QED) is 0.189. The lowest BCUT2D eigenvalue weighted by Crippen LogP contribution is -2.14. The van der Waals surface area contributed by atoms with E-state index in [0.29, 0.717) is 11.5 Å². The third-order valence-electron chi connectivity index (χ3n) is 9.83. The van der Waals surface area contributed by atoms with Gasteiger partial charge in [0.2, 0.25) is 0 Å². The van der Waals surface area contributed by atoms with Crippen LogP contribution in [-0.2, 0) is 5.41 Å². The van der Waals surface area contributed by atoms with Crippen molar-refractivity contribution in [3.8, 4) is 67.3 Å². The lowest BCUT2D eigenvalue weighted by Gasteiger charge is -2.22. The van der Waals surface area contributed by atoms with Gasteiger partial charge >= 0.3 is 0 Å². The number of hydrogen-bond acceptors (Lipinski definition) is 2. The third-order valence-corrected chi connectivity index (χ3v) is 9.83. The third kappa shape index (κ3) is 4.96. The predicted molar refractivity (Wildman–Crippen MR) is 204 cm³/mol. The highest BCUT2D eigenvalue weighted by Crippen LogP contribution is 2.49. The van der Waals surface area contributed by atoms with Crippen LogP contribution in [0.1, 0.15) is 31.8 Å². The van der Waals surface area contributed by atoms with Gasteiger partial charge in [0.05, 0.1) is 18.2 Å². The molecule has 1 heterocycles. The first kappa shape index (κ1) is 24.1. The second-order valence-electron chi connectivity index (χ2n) is 13.0. The van der Waals surface area contributed by atoms with E-state index in [9.17, 15) is 0 Å². The Morgan fingerprint density at radius 2 is 1.02 bits per heavy atom. The molecule has 0 aliphatic heterocycles. The molecule has 0 radical (unpaired) electrons. The Morgan fingerprint density at radius 3 is 1.82 bits per heavy atom. The van der Waals surface area contributed by atoms with Crippen LogP contribution >= 0.6 is 0 Å². The van der Waals surface area contributed by atoms with Gasteiger partial charge in [-0.3, -0.25) is 0 Å².